The van der Waals surface area contributed by atoms with Gasteiger partial charge in [0.2, 0.25) is 5.90 Å². The lowest BCUT2D eigenvalue weighted by Gasteiger charge is -2.21. The van der Waals surface area contributed by atoms with E-state index in [4.69, 9.17) is 4.74 Å². The Hall–Kier alpha value is -3.16. The fraction of sp³-hybridized carbons (Fsp3) is 0.211. The van der Waals surface area contributed by atoms with Crippen LogP contribution in [0.25, 0.3) is 0 Å². The third-order valence-electron chi connectivity index (χ3n) is 4.50. The lowest BCUT2D eigenvalue weighted by molar-refractivity contribution is -0.188. The van der Waals surface area contributed by atoms with Crippen LogP contribution < -0.4 is 0 Å². The normalized spacial score (nSPS) is 21.7. The van der Waals surface area contributed by atoms with E-state index in [-0.39, 0.29) is 10.8 Å². The second-order valence-electron chi connectivity index (χ2n) is 6.21. The van der Waals surface area contributed by atoms with Crippen LogP contribution in [0, 0.1) is 0 Å². The van der Waals surface area contributed by atoms with Gasteiger partial charge in [0.25, 0.3) is 5.91 Å². The zero-order valence-corrected chi connectivity index (χ0v) is 13.8. The summed E-state index contributed by atoms with van der Waals surface area (Å²) in [6, 6.07) is 14.1. The molecule has 2 atom stereocenters. The SMILES string of the molecule is O=C1C2N=C(c3ccccc3)OC2c2ccccc2CN1C(=O)C(F)(F)F. The Labute approximate surface area is 152 Å². The molecular formula is C19H13F3N2O3. The van der Waals surface area contributed by atoms with Crippen molar-refractivity contribution in [2.45, 2.75) is 24.9 Å². The monoisotopic (exact) mass is 374 g/mol. The Bertz CT molecular complexity index is 941. The number of rotatable bonds is 1. The lowest BCUT2D eigenvalue weighted by atomic mass is 9.99. The van der Waals surface area contributed by atoms with Crippen LogP contribution in [-0.4, -0.2) is 34.8 Å². The fourth-order valence-corrected chi connectivity index (χ4v) is 3.24. The van der Waals surface area contributed by atoms with Gasteiger partial charge in [0.1, 0.15) is 0 Å². The lowest BCUT2D eigenvalue weighted by Crippen LogP contribution is -2.47. The van der Waals surface area contributed by atoms with E-state index in [9.17, 15) is 22.8 Å². The van der Waals surface area contributed by atoms with Crippen LogP contribution in [-0.2, 0) is 20.9 Å². The molecule has 0 spiro atoms. The number of aliphatic imine (C=N–C) groups is 1. The largest absolute Gasteiger partial charge is 0.471 e. The van der Waals surface area contributed by atoms with Crippen molar-refractivity contribution in [1.82, 2.24) is 4.90 Å². The van der Waals surface area contributed by atoms with Crippen LogP contribution in [0.5, 0.6) is 0 Å². The molecule has 0 saturated heterocycles. The number of fused-ring (bicyclic) bond motifs is 3. The van der Waals surface area contributed by atoms with Crippen molar-refractivity contribution in [3.05, 3.63) is 71.3 Å². The summed E-state index contributed by atoms with van der Waals surface area (Å²) in [6.07, 6.45) is -6.04. The van der Waals surface area contributed by atoms with E-state index in [1.807, 2.05) is 0 Å². The van der Waals surface area contributed by atoms with Crippen LogP contribution in [0.4, 0.5) is 13.2 Å². The van der Waals surface area contributed by atoms with E-state index >= 15 is 0 Å². The fourth-order valence-electron chi connectivity index (χ4n) is 3.24. The number of halogens is 3. The van der Waals surface area contributed by atoms with E-state index < -0.39 is 36.7 Å². The molecule has 2 aromatic rings. The maximum absolute atomic E-state index is 13.0. The van der Waals surface area contributed by atoms with E-state index in [0.29, 0.717) is 16.7 Å². The number of nitrogens with zero attached hydrogens (tertiary/aromatic N) is 2. The maximum Gasteiger partial charge on any atom is 0.471 e. The molecule has 2 aliphatic rings. The van der Waals surface area contributed by atoms with Crippen molar-refractivity contribution in [2.75, 3.05) is 0 Å². The van der Waals surface area contributed by atoms with E-state index in [2.05, 4.69) is 4.99 Å². The van der Waals surface area contributed by atoms with E-state index in [0.717, 1.165) is 0 Å². The maximum atomic E-state index is 13.0. The Balaban J connectivity index is 1.80. The smallest absolute Gasteiger partial charge is 0.466 e. The number of imide groups is 1. The molecule has 8 heteroatoms. The molecule has 0 aliphatic carbocycles. The van der Waals surface area contributed by atoms with Gasteiger partial charge >= 0.3 is 12.1 Å². The minimum Gasteiger partial charge on any atom is -0.466 e. The molecule has 2 heterocycles. The first-order chi connectivity index (χ1) is 12.9. The number of amides is 2. The van der Waals surface area contributed by atoms with Gasteiger partial charge in [-0.3, -0.25) is 14.5 Å². The standard InChI is InChI=1S/C19H13F3N2O3/c20-19(21,22)18(26)24-10-12-8-4-5-9-13(12)15-14(17(24)25)23-16(27-15)11-6-2-1-3-7-11/h1-9,14-15H,10H2. The Morgan fingerprint density at radius 1 is 1.07 bits per heavy atom. The van der Waals surface area contributed by atoms with Crippen molar-refractivity contribution in [1.29, 1.82) is 0 Å². The summed E-state index contributed by atoms with van der Waals surface area (Å²) in [7, 11) is 0. The summed E-state index contributed by atoms with van der Waals surface area (Å²) in [5, 5.41) is 0. The topological polar surface area (TPSA) is 59.0 Å². The highest BCUT2D eigenvalue weighted by Gasteiger charge is 2.51. The number of carbonyl (C=O) groups is 2. The van der Waals surface area contributed by atoms with Gasteiger partial charge in [0.15, 0.2) is 12.1 Å². The second-order valence-corrected chi connectivity index (χ2v) is 6.21. The number of alkyl halides is 3. The Morgan fingerprint density at radius 3 is 2.44 bits per heavy atom. The molecule has 2 aromatic carbocycles. The predicted octanol–water partition coefficient (Wildman–Crippen LogP) is 3.00. The minimum atomic E-state index is -5.16. The average molecular weight is 374 g/mol. The molecule has 2 amide bonds. The third kappa shape index (κ3) is 2.97. The Morgan fingerprint density at radius 2 is 1.74 bits per heavy atom. The summed E-state index contributed by atoms with van der Waals surface area (Å²) in [6.45, 7) is -0.472. The number of hydrogen-bond acceptors (Lipinski definition) is 4. The summed E-state index contributed by atoms with van der Waals surface area (Å²) in [5.74, 6) is -3.06. The number of hydrogen-bond donors (Lipinski definition) is 0. The zero-order valence-electron chi connectivity index (χ0n) is 13.8. The van der Waals surface area contributed by atoms with Crippen molar-refractivity contribution in [3.63, 3.8) is 0 Å². The number of carbonyl (C=O) groups excluding carboxylic acids is 2. The van der Waals surface area contributed by atoms with Gasteiger partial charge < -0.3 is 4.74 Å². The van der Waals surface area contributed by atoms with Gasteiger partial charge in [-0.25, -0.2) is 4.99 Å². The van der Waals surface area contributed by atoms with Crippen molar-refractivity contribution in [3.8, 4) is 0 Å². The first-order valence-corrected chi connectivity index (χ1v) is 8.16. The summed E-state index contributed by atoms with van der Waals surface area (Å²) >= 11 is 0. The summed E-state index contributed by atoms with van der Waals surface area (Å²) < 4.78 is 44.8. The van der Waals surface area contributed by atoms with Crippen molar-refractivity contribution >= 4 is 17.7 Å². The first-order valence-electron chi connectivity index (χ1n) is 8.16. The van der Waals surface area contributed by atoms with Crippen LogP contribution in [0.2, 0.25) is 0 Å². The number of ether oxygens (including phenoxy) is 1. The van der Waals surface area contributed by atoms with Gasteiger partial charge in [0, 0.05) is 11.1 Å². The van der Waals surface area contributed by atoms with Crippen molar-refractivity contribution < 1.29 is 27.5 Å². The second kappa shape index (κ2) is 6.22. The molecule has 4 rings (SSSR count). The highest BCUT2D eigenvalue weighted by molar-refractivity contribution is 6.04. The van der Waals surface area contributed by atoms with Gasteiger partial charge in [0.05, 0.1) is 6.54 Å². The van der Waals surface area contributed by atoms with Gasteiger partial charge in [-0.1, -0.05) is 42.5 Å². The van der Waals surface area contributed by atoms with Gasteiger partial charge in [-0.15, -0.1) is 0 Å². The minimum absolute atomic E-state index is 0.162. The molecule has 0 radical (unpaired) electrons. The summed E-state index contributed by atoms with van der Waals surface area (Å²) in [4.78, 5) is 29.0. The highest BCUT2D eigenvalue weighted by atomic mass is 19.4. The molecule has 0 fully saturated rings. The van der Waals surface area contributed by atoms with E-state index in [1.54, 1.807) is 54.6 Å². The molecule has 0 saturated carbocycles. The van der Waals surface area contributed by atoms with Crippen LogP contribution in [0.3, 0.4) is 0 Å². The molecule has 138 valence electrons. The molecule has 27 heavy (non-hydrogen) atoms. The summed E-state index contributed by atoms with van der Waals surface area (Å²) in [5.41, 5.74) is 1.56. The molecule has 2 aliphatic heterocycles. The van der Waals surface area contributed by atoms with Crippen LogP contribution >= 0.6 is 0 Å². The van der Waals surface area contributed by atoms with Crippen LogP contribution in [0.1, 0.15) is 22.8 Å². The van der Waals surface area contributed by atoms with E-state index in [1.165, 1.54) is 0 Å². The van der Waals surface area contributed by atoms with Crippen LogP contribution in [0.15, 0.2) is 59.6 Å². The van der Waals surface area contributed by atoms with Gasteiger partial charge in [-0.05, 0) is 17.7 Å². The molecule has 0 N–H and O–H groups in total. The predicted molar refractivity (Wildman–Crippen MR) is 88.6 cm³/mol. The molecule has 0 aromatic heterocycles. The first kappa shape index (κ1) is 17.3. The zero-order chi connectivity index (χ0) is 19.2. The Kier molecular flexibility index (Phi) is 3.98. The average Bonchev–Trinajstić information content (AvgIpc) is 3.06. The molecule has 2 unspecified atom stereocenters. The van der Waals surface area contributed by atoms with Gasteiger partial charge in [-0.2, -0.15) is 13.2 Å². The van der Waals surface area contributed by atoms with Crippen molar-refractivity contribution in [2.24, 2.45) is 4.99 Å². The highest BCUT2D eigenvalue weighted by Crippen LogP contribution is 2.38. The molecule has 0 bridgehead atoms. The third-order valence-corrected chi connectivity index (χ3v) is 4.50. The molecule has 5 nitrogen and oxygen atoms in total. The quantitative estimate of drug-likeness (QED) is 0.771. The molecular weight excluding hydrogens is 361 g/mol. The number of benzene rings is 2.